The lowest BCUT2D eigenvalue weighted by Crippen LogP contribution is -2.41. The monoisotopic (exact) mass is 245 g/mol. The van der Waals surface area contributed by atoms with Crippen molar-refractivity contribution in [2.24, 2.45) is 0 Å². The maximum Gasteiger partial charge on any atom is 0.407 e. The molecule has 0 saturated carbocycles. The second kappa shape index (κ2) is 4.75. The number of ether oxygens (including phenoxy) is 1. The van der Waals surface area contributed by atoms with Gasteiger partial charge < -0.3 is 14.5 Å². The molecular weight excluding hydrogens is 222 g/mol. The van der Waals surface area contributed by atoms with Crippen LogP contribution >= 0.6 is 0 Å². The average Bonchev–Trinajstić information content (AvgIpc) is 2.49. The van der Waals surface area contributed by atoms with Gasteiger partial charge >= 0.3 is 6.09 Å². The fourth-order valence-corrected chi connectivity index (χ4v) is 2.32. The molecule has 0 aromatic rings. The van der Waals surface area contributed by atoms with E-state index in [0.29, 0.717) is 13.2 Å². The first-order valence-corrected chi connectivity index (χ1v) is 8.70. The third-order valence-corrected chi connectivity index (χ3v) is 8.01. The molecule has 1 rings (SSSR count). The van der Waals surface area contributed by atoms with Crippen molar-refractivity contribution in [1.82, 2.24) is 5.32 Å². The molecule has 0 aromatic heterocycles. The highest BCUT2D eigenvalue weighted by Crippen LogP contribution is 2.36. The highest BCUT2D eigenvalue weighted by molar-refractivity contribution is 6.74. The summed E-state index contributed by atoms with van der Waals surface area (Å²) in [5, 5.41) is 2.99. The lowest BCUT2D eigenvalue weighted by Gasteiger charge is -2.36. The SMILES string of the molecule is CC(C)(C)[Si](C)(C)OCC[C@H]1COC(=O)N1. The minimum absolute atomic E-state index is 0.122. The van der Waals surface area contributed by atoms with Crippen LogP contribution in [0.5, 0.6) is 0 Å². The van der Waals surface area contributed by atoms with Crippen molar-refractivity contribution >= 4 is 14.4 Å². The van der Waals surface area contributed by atoms with E-state index in [1.807, 2.05) is 0 Å². The summed E-state index contributed by atoms with van der Waals surface area (Å²) in [5.74, 6) is 0. The van der Waals surface area contributed by atoms with Crippen LogP contribution in [0.3, 0.4) is 0 Å². The number of alkyl carbamates (subject to hydrolysis) is 1. The van der Waals surface area contributed by atoms with E-state index in [0.717, 1.165) is 6.42 Å². The van der Waals surface area contributed by atoms with Crippen molar-refractivity contribution in [3.63, 3.8) is 0 Å². The zero-order valence-electron chi connectivity index (χ0n) is 10.9. The molecule has 0 aliphatic carbocycles. The van der Waals surface area contributed by atoms with Crippen LogP contribution in [0.4, 0.5) is 4.79 Å². The van der Waals surface area contributed by atoms with Gasteiger partial charge in [-0.25, -0.2) is 4.79 Å². The summed E-state index contributed by atoms with van der Waals surface area (Å²) in [6.45, 7) is 12.3. The number of hydrogen-bond donors (Lipinski definition) is 1. The zero-order chi connectivity index (χ0) is 12.4. The van der Waals surface area contributed by atoms with E-state index in [4.69, 9.17) is 9.16 Å². The maximum atomic E-state index is 10.8. The molecule has 0 bridgehead atoms. The second-order valence-electron chi connectivity index (χ2n) is 5.84. The first-order valence-electron chi connectivity index (χ1n) is 5.79. The van der Waals surface area contributed by atoms with Crippen LogP contribution in [-0.4, -0.2) is 33.7 Å². The standard InChI is InChI=1S/C11H23NO3Si/c1-11(2,3)16(4,5)15-7-6-9-8-14-10(13)12-9/h9H,6-8H2,1-5H3,(H,12,13)/t9-/m0/s1. The first-order chi connectivity index (χ1) is 7.22. The highest BCUT2D eigenvalue weighted by atomic mass is 28.4. The van der Waals surface area contributed by atoms with Crippen LogP contribution in [0, 0.1) is 0 Å². The Morgan fingerprint density at radius 2 is 2.12 bits per heavy atom. The van der Waals surface area contributed by atoms with E-state index in [9.17, 15) is 4.79 Å². The minimum Gasteiger partial charge on any atom is -0.447 e. The van der Waals surface area contributed by atoms with Crippen LogP contribution in [0.25, 0.3) is 0 Å². The van der Waals surface area contributed by atoms with E-state index < -0.39 is 8.32 Å². The van der Waals surface area contributed by atoms with Crippen molar-refractivity contribution in [1.29, 1.82) is 0 Å². The molecule has 5 heteroatoms. The van der Waals surface area contributed by atoms with Gasteiger partial charge in [0.15, 0.2) is 8.32 Å². The number of cyclic esters (lactones) is 1. The van der Waals surface area contributed by atoms with Crippen molar-refractivity contribution < 1.29 is 14.0 Å². The maximum absolute atomic E-state index is 10.8. The molecule has 1 saturated heterocycles. The van der Waals surface area contributed by atoms with Gasteiger partial charge in [-0.3, -0.25) is 0 Å². The van der Waals surface area contributed by atoms with Gasteiger partial charge in [-0.15, -0.1) is 0 Å². The number of carbonyl (C=O) groups excluding carboxylic acids is 1. The van der Waals surface area contributed by atoms with E-state index in [1.54, 1.807) is 0 Å². The molecule has 0 unspecified atom stereocenters. The van der Waals surface area contributed by atoms with Gasteiger partial charge in [0.05, 0.1) is 6.04 Å². The summed E-state index contributed by atoms with van der Waals surface area (Å²) in [6, 6.07) is 0.122. The quantitative estimate of drug-likeness (QED) is 0.774. The smallest absolute Gasteiger partial charge is 0.407 e. The topological polar surface area (TPSA) is 47.6 Å². The Bertz CT molecular complexity index is 260. The van der Waals surface area contributed by atoms with Gasteiger partial charge in [0.1, 0.15) is 6.61 Å². The molecule has 0 spiro atoms. The Labute approximate surface area is 98.8 Å². The Kier molecular flexibility index (Phi) is 4.01. The zero-order valence-corrected chi connectivity index (χ0v) is 11.9. The summed E-state index contributed by atoms with van der Waals surface area (Å²) >= 11 is 0. The number of rotatable bonds is 4. The summed E-state index contributed by atoms with van der Waals surface area (Å²) in [7, 11) is -1.65. The van der Waals surface area contributed by atoms with Crippen LogP contribution in [0.15, 0.2) is 0 Å². The molecule has 1 amide bonds. The molecule has 4 nitrogen and oxygen atoms in total. The molecule has 16 heavy (non-hydrogen) atoms. The Morgan fingerprint density at radius 3 is 2.56 bits per heavy atom. The predicted octanol–water partition coefficient (Wildman–Crippen LogP) is 2.51. The fraction of sp³-hybridized carbons (Fsp3) is 0.909. The van der Waals surface area contributed by atoms with Crippen LogP contribution in [0.2, 0.25) is 18.1 Å². The highest BCUT2D eigenvalue weighted by Gasteiger charge is 2.37. The molecule has 1 fully saturated rings. The van der Waals surface area contributed by atoms with Crippen molar-refractivity contribution in [2.75, 3.05) is 13.2 Å². The van der Waals surface area contributed by atoms with Crippen molar-refractivity contribution in [3.8, 4) is 0 Å². The molecule has 1 aliphatic rings. The molecule has 1 aliphatic heterocycles. The van der Waals surface area contributed by atoms with E-state index in [2.05, 4.69) is 39.2 Å². The summed E-state index contributed by atoms with van der Waals surface area (Å²) < 4.78 is 10.8. The fourth-order valence-electron chi connectivity index (χ4n) is 1.25. The van der Waals surface area contributed by atoms with E-state index in [-0.39, 0.29) is 17.2 Å². The molecule has 1 N–H and O–H groups in total. The van der Waals surface area contributed by atoms with Crippen LogP contribution in [-0.2, 0) is 9.16 Å². The Hall–Kier alpha value is -0.553. The normalized spacial score (nSPS) is 21.8. The molecule has 0 aromatic carbocycles. The van der Waals surface area contributed by atoms with Gasteiger partial charge in [-0.05, 0) is 24.6 Å². The summed E-state index contributed by atoms with van der Waals surface area (Å²) in [6.07, 6.45) is 0.524. The molecular formula is C11H23NO3Si. The van der Waals surface area contributed by atoms with Gasteiger partial charge in [-0.1, -0.05) is 20.8 Å². The predicted molar refractivity (Wildman–Crippen MR) is 66.0 cm³/mol. The first kappa shape index (κ1) is 13.5. The lowest BCUT2D eigenvalue weighted by atomic mass is 10.2. The second-order valence-corrected chi connectivity index (χ2v) is 10.6. The van der Waals surface area contributed by atoms with Crippen molar-refractivity contribution in [2.45, 2.75) is 51.4 Å². The summed E-state index contributed by atoms with van der Waals surface area (Å²) in [4.78, 5) is 10.8. The molecule has 1 atom stereocenters. The Balaban J connectivity index is 2.27. The third-order valence-electron chi connectivity index (χ3n) is 3.47. The third kappa shape index (κ3) is 3.49. The van der Waals surface area contributed by atoms with E-state index >= 15 is 0 Å². The molecule has 0 radical (unpaired) electrons. The average molecular weight is 245 g/mol. The number of amides is 1. The van der Waals surface area contributed by atoms with Gasteiger partial charge in [0, 0.05) is 6.61 Å². The van der Waals surface area contributed by atoms with E-state index in [1.165, 1.54) is 0 Å². The minimum atomic E-state index is -1.65. The van der Waals surface area contributed by atoms with Crippen molar-refractivity contribution in [3.05, 3.63) is 0 Å². The largest absolute Gasteiger partial charge is 0.447 e. The lowest BCUT2D eigenvalue weighted by molar-refractivity contribution is 0.175. The number of carbonyl (C=O) groups is 1. The van der Waals surface area contributed by atoms with Gasteiger partial charge in [0.25, 0.3) is 0 Å². The summed E-state index contributed by atoms with van der Waals surface area (Å²) in [5.41, 5.74) is 0. The molecule has 94 valence electrons. The Morgan fingerprint density at radius 1 is 1.50 bits per heavy atom. The van der Waals surface area contributed by atoms with Gasteiger partial charge in [-0.2, -0.15) is 0 Å². The van der Waals surface area contributed by atoms with Crippen LogP contribution < -0.4 is 5.32 Å². The van der Waals surface area contributed by atoms with Crippen LogP contribution in [0.1, 0.15) is 27.2 Å². The molecule has 1 heterocycles. The van der Waals surface area contributed by atoms with Gasteiger partial charge in [0.2, 0.25) is 0 Å². The number of nitrogens with one attached hydrogen (secondary N) is 1. The number of hydrogen-bond acceptors (Lipinski definition) is 3.